The van der Waals surface area contributed by atoms with E-state index in [0.717, 1.165) is 64.2 Å². The Morgan fingerprint density at radius 3 is 2.64 bits per heavy atom. The molecule has 0 bridgehead atoms. The second kappa shape index (κ2) is 8.65. The standard InChI is InChI=1S/C21H30N6O/c1-24-15-16-27(21(24)28)20-6-2-5-19(17-20)25-13-7-18(8-14-25)22-9-3-11-26-12-4-10-23-26/h2,4-6,10,12,17-18,22H,3,7-9,11,13-16H2,1H3. The van der Waals surface area contributed by atoms with Gasteiger partial charge in [-0.05, 0) is 50.1 Å². The molecule has 3 heterocycles. The lowest BCUT2D eigenvalue weighted by Gasteiger charge is -2.34. The van der Waals surface area contributed by atoms with Gasteiger partial charge in [0.05, 0.1) is 0 Å². The lowest BCUT2D eigenvalue weighted by molar-refractivity contribution is 0.229. The Bertz CT molecular complexity index is 769. The van der Waals surface area contributed by atoms with Crippen LogP contribution in [-0.2, 0) is 6.54 Å². The molecule has 0 spiro atoms. The molecular formula is C21H30N6O. The van der Waals surface area contributed by atoms with Crippen LogP contribution in [0.1, 0.15) is 19.3 Å². The van der Waals surface area contributed by atoms with Crippen LogP contribution in [0.25, 0.3) is 0 Å². The third-order valence-corrected chi connectivity index (χ3v) is 5.77. The van der Waals surface area contributed by atoms with E-state index in [1.807, 2.05) is 41.2 Å². The molecule has 2 aromatic rings. The van der Waals surface area contributed by atoms with E-state index in [2.05, 4.69) is 33.5 Å². The Balaban J connectivity index is 1.24. The lowest BCUT2D eigenvalue weighted by Crippen LogP contribution is -2.43. The SMILES string of the molecule is CN1CCN(c2cccc(N3CCC(NCCCn4cccn4)CC3)c2)C1=O. The summed E-state index contributed by atoms with van der Waals surface area (Å²) in [4.78, 5) is 18.3. The number of carbonyl (C=O) groups excluding carboxylic acids is 1. The van der Waals surface area contributed by atoms with Gasteiger partial charge in [-0.25, -0.2) is 4.79 Å². The third kappa shape index (κ3) is 4.30. The zero-order chi connectivity index (χ0) is 19.3. The van der Waals surface area contributed by atoms with Gasteiger partial charge in [-0.3, -0.25) is 9.58 Å². The Morgan fingerprint density at radius 1 is 1.11 bits per heavy atom. The van der Waals surface area contributed by atoms with Crippen molar-refractivity contribution in [2.75, 3.05) is 49.6 Å². The summed E-state index contributed by atoms with van der Waals surface area (Å²) in [6.45, 7) is 5.66. The summed E-state index contributed by atoms with van der Waals surface area (Å²) < 4.78 is 1.99. The quantitative estimate of drug-likeness (QED) is 0.747. The monoisotopic (exact) mass is 382 g/mol. The van der Waals surface area contributed by atoms with Crippen LogP contribution < -0.4 is 15.1 Å². The Labute approximate surface area is 166 Å². The molecule has 0 unspecified atom stereocenters. The van der Waals surface area contributed by atoms with Crippen molar-refractivity contribution < 1.29 is 4.79 Å². The first-order valence-electron chi connectivity index (χ1n) is 10.3. The van der Waals surface area contributed by atoms with Crippen LogP contribution >= 0.6 is 0 Å². The zero-order valence-electron chi connectivity index (χ0n) is 16.6. The van der Waals surface area contributed by atoms with Gasteiger partial charge in [-0.2, -0.15) is 5.10 Å². The van der Waals surface area contributed by atoms with Crippen LogP contribution in [0.4, 0.5) is 16.2 Å². The van der Waals surface area contributed by atoms with E-state index < -0.39 is 0 Å². The third-order valence-electron chi connectivity index (χ3n) is 5.77. The van der Waals surface area contributed by atoms with Crippen molar-refractivity contribution >= 4 is 17.4 Å². The molecular weight excluding hydrogens is 352 g/mol. The normalized spacial score (nSPS) is 18.3. The second-order valence-electron chi connectivity index (χ2n) is 7.71. The number of nitrogens with one attached hydrogen (secondary N) is 1. The van der Waals surface area contributed by atoms with Gasteiger partial charge in [0.1, 0.15) is 0 Å². The summed E-state index contributed by atoms with van der Waals surface area (Å²) in [5.41, 5.74) is 2.22. The van der Waals surface area contributed by atoms with Gasteiger partial charge in [0.25, 0.3) is 0 Å². The first-order chi connectivity index (χ1) is 13.7. The van der Waals surface area contributed by atoms with E-state index >= 15 is 0 Å². The molecule has 0 saturated carbocycles. The van der Waals surface area contributed by atoms with Crippen molar-refractivity contribution in [2.45, 2.75) is 31.8 Å². The largest absolute Gasteiger partial charge is 0.371 e. The molecule has 7 nitrogen and oxygen atoms in total. The lowest BCUT2D eigenvalue weighted by atomic mass is 10.0. The number of anilines is 2. The molecule has 28 heavy (non-hydrogen) atoms. The fourth-order valence-corrected chi connectivity index (χ4v) is 4.07. The van der Waals surface area contributed by atoms with E-state index in [4.69, 9.17) is 0 Å². The molecule has 7 heteroatoms. The van der Waals surface area contributed by atoms with Gasteiger partial charge in [-0.1, -0.05) is 6.07 Å². The summed E-state index contributed by atoms with van der Waals surface area (Å²) in [6, 6.07) is 11.1. The predicted octanol–water partition coefficient (Wildman–Crippen LogP) is 2.40. The van der Waals surface area contributed by atoms with Crippen LogP contribution in [0, 0.1) is 0 Å². The minimum absolute atomic E-state index is 0.0927. The smallest absolute Gasteiger partial charge is 0.324 e. The fraction of sp³-hybridized carbons (Fsp3) is 0.524. The summed E-state index contributed by atoms with van der Waals surface area (Å²) in [5, 5.41) is 7.94. The van der Waals surface area contributed by atoms with Crippen LogP contribution in [0.15, 0.2) is 42.7 Å². The van der Waals surface area contributed by atoms with Crippen molar-refractivity contribution in [3.8, 4) is 0 Å². The number of carbonyl (C=O) groups is 1. The highest BCUT2D eigenvalue weighted by Gasteiger charge is 2.27. The maximum atomic E-state index is 12.3. The maximum Gasteiger partial charge on any atom is 0.324 e. The second-order valence-corrected chi connectivity index (χ2v) is 7.71. The Morgan fingerprint density at radius 2 is 1.93 bits per heavy atom. The first-order valence-corrected chi connectivity index (χ1v) is 10.3. The molecule has 150 valence electrons. The van der Waals surface area contributed by atoms with Gasteiger partial charge < -0.3 is 15.1 Å². The Kier molecular flexibility index (Phi) is 5.81. The number of hydrogen-bond donors (Lipinski definition) is 1. The molecule has 2 aliphatic heterocycles. The minimum atomic E-state index is 0.0927. The van der Waals surface area contributed by atoms with Crippen LogP contribution in [0.3, 0.4) is 0 Å². The fourth-order valence-electron chi connectivity index (χ4n) is 4.07. The van der Waals surface area contributed by atoms with Crippen molar-refractivity contribution in [1.29, 1.82) is 0 Å². The number of nitrogens with zero attached hydrogens (tertiary/aromatic N) is 5. The van der Waals surface area contributed by atoms with E-state index in [1.165, 1.54) is 5.69 Å². The van der Waals surface area contributed by atoms with Crippen molar-refractivity contribution in [3.63, 3.8) is 0 Å². The number of piperidine rings is 1. The molecule has 2 amide bonds. The molecule has 1 aromatic carbocycles. The van der Waals surface area contributed by atoms with Gasteiger partial charge >= 0.3 is 6.03 Å². The number of amides is 2. The number of hydrogen-bond acceptors (Lipinski definition) is 4. The van der Waals surface area contributed by atoms with E-state index in [-0.39, 0.29) is 6.03 Å². The summed E-state index contributed by atoms with van der Waals surface area (Å²) in [5.74, 6) is 0. The Hall–Kier alpha value is -2.54. The molecule has 2 saturated heterocycles. The molecule has 1 N–H and O–H groups in total. The molecule has 2 fully saturated rings. The van der Waals surface area contributed by atoms with Crippen LogP contribution in [-0.4, -0.2) is 66.5 Å². The summed E-state index contributed by atoms with van der Waals surface area (Å²) in [6.07, 6.45) is 7.24. The summed E-state index contributed by atoms with van der Waals surface area (Å²) in [7, 11) is 1.86. The number of urea groups is 1. The number of benzene rings is 1. The van der Waals surface area contributed by atoms with Crippen molar-refractivity contribution in [2.24, 2.45) is 0 Å². The van der Waals surface area contributed by atoms with E-state index in [9.17, 15) is 4.79 Å². The van der Waals surface area contributed by atoms with E-state index in [1.54, 1.807) is 4.90 Å². The maximum absolute atomic E-state index is 12.3. The molecule has 1 aromatic heterocycles. The highest BCUT2D eigenvalue weighted by Crippen LogP contribution is 2.27. The summed E-state index contributed by atoms with van der Waals surface area (Å²) >= 11 is 0. The minimum Gasteiger partial charge on any atom is -0.371 e. The molecule has 4 rings (SSSR count). The highest BCUT2D eigenvalue weighted by atomic mass is 16.2. The first kappa shape index (κ1) is 18.8. The predicted molar refractivity (Wildman–Crippen MR) is 112 cm³/mol. The zero-order valence-corrected chi connectivity index (χ0v) is 16.6. The van der Waals surface area contributed by atoms with Crippen molar-refractivity contribution in [1.82, 2.24) is 20.0 Å². The van der Waals surface area contributed by atoms with Gasteiger partial charge in [-0.15, -0.1) is 0 Å². The molecule has 0 radical (unpaired) electrons. The molecule has 0 atom stereocenters. The number of aromatic nitrogens is 2. The molecule has 0 aliphatic carbocycles. The van der Waals surface area contributed by atoms with Gasteiger partial charge in [0, 0.05) is 69.6 Å². The van der Waals surface area contributed by atoms with Gasteiger partial charge in [0.15, 0.2) is 0 Å². The van der Waals surface area contributed by atoms with E-state index in [0.29, 0.717) is 6.04 Å². The topological polar surface area (TPSA) is 56.6 Å². The number of likely N-dealkylation sites (N-methyl/N-ethyl adjacent to an activating group) is 1. The van der Waals surface area contributed by atoms with Crippen molar-refractivity contribution in [3.05, 3.63) is 42.7 Å². The van der Waals surface area contributed by atoms with Crippen LogP contribution in [0.5, 0.6) is 0 Å². The van der Waals surface area contributed by atoms with Crippen LogP contribution in [0.2, 0.25) is 0 Å². The average Bonchev–Trinajstić information content (AvgIpc) is 3.36. The molecule has 2 aliphatic rings. The number of rotatable bonds is 7. The van der Waals surface area contributed by atoms with Gasteiger partial charge in [0.2, 0.25) is 0 Å². The number of aryl methyl sites for hydroxylation is 1. The highest BCUT2D eigenvalue weighted by molar-refractivity contribution is 5.94. The average molecular weight is 383 g/mol.